The van der Waals surface area contributed by atoms with Crippen LogP contribution in [0.3, 0.4) is 0 Å². The second kappa shape index (κ2) is 48.2. The molecule has 5 unspecified atom stereocenters. The number of carbonyl (C=O) groups excluding carboxylic acids is 4. The zero-order valence-electron chi connectivity index (χ0n) is 64.5. The number of amides is 3. The topological polar surface area (TPSA) is 189 Å². The van der Waals surface area contributed by atoms with E-state index in [0.717, 1.165) is 67.3 Å². The summed E-state index contributed by atoms with van der Waals surface area (Å²) in [6.45, 7) is 28.2. The number of Topliss-reactive ketones (excluding diaryl/α,β-unsaturated/α-hetero) is 2. The Labute approximate surface area is 673 Å². The van der Waals surface area contributed by atoms with Gasteiger partial charge in [0.1, 0.15) is 74.0 Å². The summed E-state index contributed by atoms with van der Waals surface area (Å²) < 4.78 is 257. The summed E-state index contributed by atoms with van der Waals surface area (Å²) in [7, 11) is -3.64. The standard InChI is InChI=1S/C19H17F3N2O2.C15H20F3NOS.C12H14F3NOS.C12H14FNO.C11H12F3N.C8H5F3O.C8H7FO/c1-2-12-19(17(21)22,14-10-6-7-11-15(14)20)24-18(26)23-16(25)13-8-4-3-5-9-13;1-5-10-15(13(17)18,19-21(20)14(2,3)4)11-8-6-7-9-12(11)16;1-12(2,3)18(17)16-10(11(14)15)8-6-4-5-7-9(8)13;1-10(14-6-8-15-9-7-14)11-4-2-3-5-12(11)13;1-2-7-11(15,10(13)14)8-5-3-4-6-9(8)12;9-6-4-2-1-3-5(6)7(12)8(10)11;1-6(10)7-4-2-3-5-8(7)9/h2-11,17H,1,12H2,(H2,23,24,25,26);5-9,13,19H,1,10H2,2-4H3;4-7,11H,1-3H3;2-5H,1,6-9H2;2-6,10H,1,7,15H2;1-4,8H;2-5H,1H3. The highest BCUT2D eigenvalue weighted by Gasteiger charge is 2.47. The van der Waals surface area contributed by atoms with Crippen LogP contribution in [-0.4, -0.2) is 110 Å². The zero-order valence-corrected chi connectivity index (χ0v) is 66.2. The zero-order chi connectivity index (χ0) is 88.2. The van der Waals surface area contributed by atoms with Crippen LogP contribution in [0.4, 0.5) is 79.4 Å². The maximum atomic E-state index is 14.1. The number of nitrogens with zero attached hydrogens (tertiary/aromatic N) is 2. The Hall–Kier alpha value is -10.5. The van der Waals surface area contributed by atoms with Gasteiger partial charge >= 0.3 is 12.5 Å². The maximum absolute atomic E-state index is 14.1. The van der Waals surface area contributed by atoms with E-state index in [0.29, 0.717) is 18.8 Å². The molecule has 32 heteroatoms. The van der Waals surface area contributed by atoms with Crippen molar-refractivity contribution in [2.24, 2.45) is 10.1 Å². The van der Waals surface area contributed by atoms with Crippen molar-refractivity contribution in [3.05, 3.63) is 330 Å². The first-order chi connectivity index (χ1) is 54.9. The molecule has 0 radical (unpaired) electrons. The molecule has 13 nitrogen and oxygen atoms in total. The van der Waals surface area contributed by atoms with Gasteiger partial charge in [-0.1, -0.05) is 146 Å². The first-order valence-corrected chi connectivity index (χ1v) is 37.4. The van der Waals surface area contributed by atoms with Crippen molar-refractivity contribution in [3.63, 3.8) is 0 Å². The Morgan fingerprint density at radius 3 is 1.21 bits per heavy atom. The molecule has 0 aromatic heterocycles. The van der Waals surface area contributed by atoms with Gasteiger partial charge in [0.15, 0.2) is 5.78 Å². The minimum absolute atomic E-state index is 0.155. The van der Waals surface area contributed by atoms with Crippen LogP contribution in [0.1, 0.15) is 127 Å². The van der Waals surface area contributed by atoms with E-state index in [4.69, 9.17) is 10.5 Å². The molecule has 1 aliphatic heterocycles. The van der Waals surface area contributed by atoms with Gasteiger partial charge in [-0.3, -0.25) is 19.7 Å². The molecular formula is C85H89F17N6O7S2. The van der Waals surface area contributed by atoms with E-state index in [1.54, 1.807) is 84.0 Å². The van der Waals surface area contributed by atoms with E-state index in [2.05, 4.69) is 45.7 Å². The summed E-state index contributed by atoms with van der Waals surface area (Å²) in [5.41, 5.74) is -1.67. The molecule has 0 aliphatic carbocycles. The molecule has 0 saturated carbocycles. The third-order valence-electron chi connectivity index (χ3n) is 16.3. The fourth-order valence-electron chi connectivity index (χ4n) is 10.1. The quantitative estimate of drug-likeness (QED) is 0.0197. The minimum Gasteiger partial charge on any atom is -0.378 e. The smallest absolute Gasteiger partial charge is 0.322 e. The lowest BCUT2D eigenvalue weighted by atomic mass is 9.86. The summed E-state index contributed by atoms with van der Waals surface area (Å²) in [5.74, 6) is -7.25. The second-order valence-corrected chi connectivity index (χ2v) is 30.8. The third-order valence-corrected chi connectivity index (χ3v) is 19.4. The largest absolute Gasteiger partial charge is 0.378 e. The lowest BCUT2D eigenvalue weighted by Gasteiger charge is -2.35. The number of hydrogen-bond acceptors (Lipinski definition) is 9. The van der Waals surface area contributed by atoms with Gasteiger partial charge in [-0.15, -0.1) is 19.7 Å². The fourth-order valence-corrected chi connectivity index (χ4v) is 11.6. The predicted octanol–water partition coefficient (Wildman–Crippen LogP) is 20.5. The van der Waals surface area contributed by atoms with Crippen LogP contribution >= 0.6 is 0 Å². The summed E-state index contributed by atoms with van der Waals surface area (Å²) in [6, 6.07) is 44.5. The van der Waals surface area contributed by atoms with E-state index in [1.165, 1.54) is 128 Å². The lowest BCUT2D eigenvalue weighted by Crippen LogP contribution is -2.55. The van der Waals surface area contributed by atoms with Crippen molar-refractivity contribution >= 4 is 56.9 Å². The number of alkyl halides is 10. The average molecular weight is 1690 g/mol. The van der Waals surface area contributed by atoms with Crippen molar-refractivity contribution in [2.75, 3.05) is 26.3 Å². The molecular weight excluding hydrogens is 1600 g/mol. The number of ketones is 2. The van der Waals surface area contributed by atoms with Gasteiger partial charge in [0.05, 0.1) is 44.8 Å². The molecule has 5 N–H and O–H groups in total. The van der Waals surface area contributed by atoms with Crippen LogP contribution in [-0.2, 0) is 43.3 Å². The molecule has 1 aliphatic rings. The number of carbonyl (C=O) groups is 4. The Kier molecular flexibility index (Phi) is 41.5. The molecule has 9 rings (SSSR count). The summed E-state index contributed by atoms with van der Waals surface area (Å²) in [4.78, 5) is 47.5. The number of rotatable bonds is 24. The SMILES string of the molecule is C=C(c1ccccc1F)N1CCOCC1.C=CCC(N)(c1ccccc1F)C(F)F.C=CCC(NC(=O)NC(=O)c1ccccc1)(c1ccccc1F)C(F)F.C=CCC(NS(=O)C(C)(C)C)(c1ccccc1F)C(F)F.CC(=O)c1ccccc1F.CC(C)(C)S(=O)N=C(c1ccccc1F)C(F)F.O=C(c1ccccc1F)C(F)F. The van der Waals surface area contributed by atoms with Crippen LogP contribution in [0.15, 0.2) is 249 Å². The maximum Gasteiger partial charge on any atom is 0.322 e. The highest BCUT2D eigenvalue weighted by molar-refractivity contribution is 7.85. The van der Waals surface area contributed by atoms with Crippen molar-refractivity contribution in [3.8, 4) is 0 Å². The van der Waals surface area contributed by atoms with Crippen LogP contribution < -0.4 is 21.1 Å². The number of nitrogens with one attached hydrogen (secondary N) is 3. The van der Waals surface area contributed by atoms with E-state index in [1.807, 2.05) is 11.4 Å². The van der Waals surface area contributed by atoms with E-state index < -0.39 is 156 Å². The normalized spacial score (nSPS) is 14.0. The molecule has 3 amide bonds. The molecule has 117 heavy (non-hydrogen) atoms. The van der Waals surface area contributed by atoms with Gasteiger partial charge in [0.25, 0.3) is 31.6 Å². The summed E-state index contributed by atoms with van der Waals surface area (Å²) in [5, 5.41) is 4.03. The van der Waals surface area contributed by atoms with Crippen molar-refractivity contribution < 1.29 is 107 Å². The number of morpholine rings is 1. The van der Waals surface area contributed by atoms with Crippen molar-refractivity contribution in [2.45, 2.75) is 126 Å². The number of imide groups is 1. The molecule has 0 spiro atoms. The number of nitrogens with two attached hydrogens (primary N) is 1. The van der Waals surface area contributed by atoms with Gasteiger partial charge in [0, 0.05) is 52.2 Å². The van der Waals surface area contributed by atoms with Gasteiger partial charge in [0.2, 0.25) is 5.78 Å². The number of urea groups is 1. The predicted molar refractivity (Wildman–Crippen MR) is 422 cm³/mol. The number of benzene rings is 8. The Morgan fingerprint density at radius 2 is 0.846 bits per heavy atom. The average Bonchev–Trinajstić information content (AvgIpc) is 0.790. The van der Waals surface area contributed by atoms with Crippen LogP contribution in [0.25, 0.3) is 5.70 Å². The van der Waals surface area contributed by atoms with Gasteiger partial charge in [-0.05, 0) is 147 Å². The van der Waals surface area contributed by atoms with Crippen molar-refractivity contribution in [1.29, 1.82) is 0 Å². The summed E-state index contributed by atoms with van der Waals surface area (Å²) in [6.07, 6.45) is -12.2. The van der Waals surface area contributed by atoms with Crippen molar-refractivity contribution in [1.82, 2.24) is 20.3 Å². The minimum atomic E-state index is -3.15. The Morgan fingerprint density at radius 1 is 0.479 bits per heavy atom. The highest BCUT2D eigenvalue weighted by Crippen LogP contribution is 2.38. The summed E-state index contributed by atoms with van der Waals surface area (Å²) >= 11 is 0. The number of halogens is 17. The molecule has 0 bridgehead atoms. The fraction of sp³-hybridized carbons (Fsp3) is 0.282. The van der Waals surface area contributed by atoms with Gasteiger partial charge in [-0.2, -0.15) is 4.40 Å². The molecule has 1 fully saturated rings. The third kappa shape index (κ3) is 30.5. The molecule has 1 heterocycles. The van der Waals surface area contributed by atoms with Crippen LogP contribution in [0.5, 0.6) is 0 Å². The second-order valence-electron chi connectivity index (χ2n) is 26.9. The molecule has 5 atom stereocenters. The Bertz CT molecular complexity index is 4660. The monoisotopic (exact) mass is 1690 g/mol. The number of ether oxygens (including phenoxy) is 1. The van der Waals surface area contributed by atoms with Crippen LogP contribution in [0, 0.1) is 40.7 Å². The number of hydrogen-bond donors (Lipinski definition) is 4. The molecule has 1 saturated heterocycles. The molecule has 8 aromatic carbocycles. The van der Waals surface area contributed by atoms with Crippen LogP contribution in [0.2, 0.25) is 0 Å². The van der Waals surface area contributed by atoms with E-state index in [-0.39, 0.29) is 52.3 Å². The molecule has 632 valence electrons. The first-order valence-electron chi connectivity index (χ1n) is 35.2. The molecule has 8 aromatic rings. The van der Waals surface area contributed by atoms with Gasteiger partial charge < -0.3 is 20.7 Å². The highest BCUT2D eigenvalue weighted by atomic mass is 32.2. The van der Waals surface area contributed by atoms with E-state index >= 15 is 0 Å². The first kappa shape index (κ1) is 101. The Balaban J connectivity index is 0.000000360. The van der Waals surface area contributed by atoms with E-state index in [9.17, 15) is 102 Å². The van der Waals surface area contributed by atoms with Gasteiger partial charge in [-0.25, -0.2) is 92.6 Å². The lowest BCUT2D eigenvalue weighted by molar-refractivity contribution is 0.0327.